The molecule has 0 amide bonds. The van der Waals surface area contributed by atoms with Crippen LogP contribution in [0, 0.1) is 5.41 Å². The molecule has 0 aliphatic heterocycles. The highest BCUT2D eigenvalue weighted by molar-refractivity contribution is 5.80. The fourth-order valence-corrected chi connectivity index (χ4v) is 4.13. The van der Waals surface area contributed by atoms with Crippen molar-refractivity contribution >= 4 is 5.96 Å². The highest BCUT2D eigenvalue weighted by Gasteiger charge is 2.59. The van der Waals surface area contributed by atoms with E-state index in [4.69, 9.17) is 9.73 Å². The Kier molecular flexibility index (Phi) is 5.84. The number of aromatic hydroxyl groups is 1. The van der Waals surface area contributed by atoms with Gasteiger partial charge < -0.3 is 20.5 Å². The Hall–Kier alpha value is -1.75. The van der Waals surface area contributed by atoms with Crippen LogP contribution in [0.5, 0.6) is 5.75 Å². The van der Waals surface area contributed by atoms with Crippen molar-refractivity contribution in [1.29, 1.82) is 0 Å². The Morgan fingerprint density at radius 2 is 2.20 bits per heavy atom. The molecule has 2 saturated carbocycles. The summed E-state index contributed by atoms with van der Waals surface area (Å²) in [6, 6.07) is 7.87. The number of hydrogen-bond acceptors (Lipinski definition) is 3. The first-order valence-corrected chi connectivity index (χ1v) is 9.62. The second kappa shape index (κ2) is 8.09. The quantitative estimate of drug-likeness (QED) is 0.525. The van der Waals surface area contributed by atoms with Crippen LogP contribution in [0.3, 0.4) is 0 Å². The molecule has 2 aliphatic rings. The second-order valence-corrected chi connectivity index (χ2v) is 7.14. The molecule has 0 radical (unpaired) electrons. The SMILES string of the molecule is CCNC(=NCCc1cccc(O)c1)NC1CC(OCC)C12CCC2. The van der Waals surface area contributed by atoms with E-state index >= 15 is 0 Å². The molecule has 1 spiro atoms. The van der Waals surface area contributed by atoms with Gasteiger partial charge in [-0.3, -0.25) is 4.99 Å². The van der Waals surface area contributed by atoms with Crippen LogP contribution in [0.15, 0.2) is 29.3 Å². The molecule has 1 aromatic rings. The lowest BCUT2D eigenvalue weighted by atomic mass is 9.51. The van der Waals surface area contributed by atoms with Crippen LogP contribution in [0.4, 0.5) is 0 Å². The van der Waals surface area contributed by atoms with E-state index in [-0.39, 0.29) is 0 Å². The molecule has 5 heteroatoms. The lowest BCUT2D eigenvalue weighted by molar-refractivity contribution is -0.168. The number of phenolic OH excluding ortho intramolecular Hbond substituents is 1. The Labute approximate surface area is 150 Å². The number of hydrogen-bond donors (Lipinski definition) is 3. The van der Waals surface area contributed by atoms with Crippen LogP contribution >= 0.6 is 0 Å². The number of guanidine groups is 1. The van der Waals surface area contributed by atoms with Crippen LogP contribution in [-0.4, -0.2) is 42.9 Å². The van der Waals surface area contributed by atoms with Crippen molar-refractivity contribution in [2.75, 3.05) is 19.7 Å². The summed E-state index contributed by atoms with van der Waals surface area (Å²) in [6.45, 7) is 6.53. The zero-order valence-electron chi connectivity index (χ0n) is 15.4. The zero-order chi connectivity index (χ0) is 17.7. The molecule has 2 fully saturated rings. The lowest BCUT2D eigenvalue weighted by Gasteiger charge is -2.61. The van der Waals surface area contributed by atoms with E-state index in [1.807, 2.05) is 12.1 Å². The molecule has 2 unspecified atom stereocenters. The summed E-state index contributed by atoms with van der Waals surface area (Å²) >= 11 is 0. The Morgan fingerprint density at radius 1 is 1.36 bits per heavy atom. The fourth-order valence-electron chi connectivity index (χ4n) is 4.13. The van der Waals surface area contributed by atoms with Gasteiger partial charge in [-0.05, 0) is 57.2 Å². The van der Waals surface area contributed by atoms with Crippen molar-refractivity contribution in [2.24, 2.45) is 10.4 Å². The molecule has 25 heavy (non-hydrogen) atoms. The van der Waals surface area contributed by atoms with Crippen LogP contribution in [0.1, 0.15) is 45.1 Å². The average molecular weight is 345 g/mol. The Bertz CT molecular complexity index is 598. The van der Waals surface area contributed by atoms with Gasteiger partial charge in [0.2, 0.25) is 0 Å². The number of phenols is 1. The van der Waals surface area contributed by atoms with Gasteiger partial charge in [0.05, 0.1) is 6.10 Å². The molecular formula is C20H31N3O2. The van der Waals surface area contributed by atoms with Gasteiger partial charge in [0, 0.05) is 31.2 Å². The number of ether oxygens (including phenoxy) is 1. The first-order valence-electron chi connectivity index (χ1n) is 9.62. The average Bonchev–Trinajstić information content (AvgIpc) is 2.52. The van der Waals surface area contributed by atoms with Crippen LogP contribution < -0.4 is 10.6 Å². The summed E-state index contributed by atoms with van der Waals surface area (Å²) in [4.78, 5) is 4.73. The zero-order valence-corrected chi connectivity index (χ0v) is 15.4. The van der Waals surface area contributed by atoms with Gasteiger partial charge in [-0.25, -0.2) is 0 Å². The first kappa shape index (κ1) is 18.1. The van der Waals surface area contributed by atoms with E-state index in [0.29, 0.717) is 29.9 Å². The minimum atomic E-state index is 0.315. The van der Waals surface area contributed by atoms with E-state index in [1.54, 1.807) is 12.1 Å². The molecule has 1 aromatic carbocycles. The van der Waals surface area contributed by atoms with Gasteiger partial charge in [0.15, 0.2) is 5.96 Å². The van der Waals surface area contributed by atoms with E-state index in [2.05, 4.69) is 24.5 Å². The smallest absolute Gasteiger partial charge is 0.191 e. The summed E-state index contributed by atoms with van der Waals surface area (Å²) < 4.78 is 5.93. The molecule has 5 nitrogen and oxygen atoms in total. The van der Waals surface area contributed by atoms with Crippen LogP contribution in [-0.2, 0) is 11.2 Å². The molecule has 2 aliphatic carbocycles. The molecule has 138 valence electrons. The van der Waals surface area contributed by atoms with E-state index < -0.39 is 0 Å². The molecule has 0 aromatic heterocycles. The summed E-state index contributed by atoms with van der Waals surface area (Å²) in [5.41, 5.74) is 1.44. The third kappa shape index (κ3) is 3.92. The monoisotopic (exact) mass is 345 g/mol. The third-order valence-electron chi connectivity index (χ3n) is 5.67. The molecule has 2 atom stereocenters. The predicted molar refractivity (Wildman–Crippen MR) is 101 cm³/mol. The maximum atomic E-state index is 9.55. The van der Waals surface area contributed by atoms with Gasteiger partial charge >= 0.3 is 0 Å². The van der Waals surface area contributed by atoms with Crippen LogP contribution in [0.25, 0.3) is 0 Å². The maximum Gasteiger partial charge on any atom is 0.191 e. The molecule has 0 saturated heterocycles. The van der Waals surface area contributed by atoms with Crippen molar-refractivity contribution in [1.82, 2.24) is 10.6 Å². The van der Waals surface area contributed by atoms with Crippen molar-refractivity contribution in [3.05, 3.63) is 29.8 Å². The summed E-state index contributed by atoms with van der Waals surface area (Å²) in [5, 5.41) is 16.6. The van der Waals surface area contributed by atoms with Gasteiger partial charge in [0.25, 0.3) is 0 Å². The van der Waals surface area contributed by atoms with Gasteiger partial charge in [0.1, 0.15) is 5.75 Å². The second-order valence-electron chi connectivity index (χ2n) is 7.14. The Balaban J connectivity index is 1.56. The third-order valence-corrected chi connectivity index (χ3v) is 5.67. The van der Waals surface area contributed by atoms with E-state index in [0.717, 1.165) is 37.5 Å². The number of nitrogens with zero attached hydrogens (tertiary/aromatic N) is 1. The minimum Gasteiger partial charge on any atom is -0.508 e. The highest BCUT2D eigenvalue weighted by Crippen LogP contribution is 2.57. The van der Waals surface area contributed by atoms with Crippen molar-refractivity contribution < 1.29 is 9.84 Å². The minimum absolute atomic E-state index is 0.315. The molecule has 3 N–H and O–H groups in total. The molecule has 3 rings (SSSR count). The number of aliphatic imine (C=N–C) groups is 1. The number of benzene rings is 1. The summed E-state index contributed by atoms with van der Waals surface area (Å²) in [5.74, 6) is 1.21. The predicted octanol–water partition coefficient (Wildman–Crippen LogP) is 2.84. The summed E-state index contributed by atoms with van der Waals surface area (Å²) in [7, 11) is 0. The van der Waals surface area contributed by atoms with Crippen LogP contribution in [0.2, 0.25) is 0 Å². The van der Waals surface area contributed by atoms with Gasteiger partial charge in [-0.15, -0.1) is 0 Å². The van der Waals surface area contributed by atoms with Crippen molar-refractivity contribution in [2.45, 2.75) is 58.1 Å². The first-order chi connectivity index (χ1) is 12.2. The number of nitrogens with one attached hydrogen (secondary N) is 2. The topological polar surface area (TPSA) is 65.9 Å². The lowest BCUT2D eigenvalue weighted by Crippen LogP contribution is -2.68. The number of rotatable bonds is 7. The molecule has 0 heterocycles. The standard InChI is InChI=1S/C20H31N3O2/c1-3-21-19(22-12-9-15-7-5-8-16(24)13-15)23-17-14-18(25-4-2)20(17)10-6-11-20/h5,7-8,13,17-18,24H,3-4,6,9-12,14H2,1-2H3,(H2,21,22,23). The summed E-state index contributed by atoms with van der Waals surface area (Å²) in [6.07, 6.45) is 6.15. The molecule has 0 bridgehead atoms. The van der Waals surface area contributed by atoms with E-state index in [9.17, 15) is 5.11 Å². The van der Waals surface area contributed by atoms with Crippen molar-refractivity contribution in [3.63, 3.8) is 0 Å². The largest absolute Gasteiger partial charge is 0.508 e. The highest BCUT2D eigenvalue weighted by atomic mass is 16.5. The van der Waals surface area contributed by atoms with Gasteiger partial charge in [-0.1, -0.05) is 18.6 Å². The normalized spacial score (nSPS) is 24.5. The van der Waals surface area contributed by atoms with Gasteiger partial charge in [-0.2, -0.15) is 0 Å². The maximum absolute atomic E-state index is 9.55. The fraction of sp³-hybridized carbons (Fsp3) is 0.650. The van der Waals surface area contributed by atoms with Crippen molar-refractivity contribution in [3.8, 4) is 5.75 Å². The van der Waals surface area contributed by atoms with E-state index in [1.165, 1.54) is 19.3 Å². The molecular weight excluding hydrogens is 314 g/mol. The Morgan fingerprint density at radius 3 is 2.84 bits per heavy atom.